The van der Waals surface area contributed by atoms with Crippen LogP contribution >= 0.6 is 11.3 Å². The summed E-state index contributed by atoms with van der Waals surface area (Å²) in [6.07, 6.45) is 0. The molecule has 1 aliphatic heterocycles. The summed E-state index contributed by atoms with van der Waals surface area (Å²) in [5.41, 5.74) is 4.14. The number of benzene rings is 5. The molecule has 1 aromatic heterocycles. The van der Waals surface area contributed by atoms with E-state index in [1.54, 1.807) is 0 Å². The Labute approximate surface area is 198 Å². The van der Waals surface area contributed by atoms with E-state index < -0.39 is 8.07 Å². The topological polar surface area (TPSA) is 0 Å². The summed E-state index contributed by atoms with van der Waals surface area (Å²) >= 11 is 1.92. The van der Waals surface area contributed by atoms with Crippen LogP contribution in [0.4, 0.5) is 0 Å². The van der Waals surface area contributed by atoms with Crippen molar-refractivity contribution in [3.63, 3.8) is 0 Å². The zero-order valence-electron chi connectivity index (χ0n) is 18.4. The summed E-state index contributed by atoms with van der Waals surface area (Å²) in [6, 6.07) is 43.5. The summed E-state index contributed by atoms with van der Waals surface area (Å²) in [6.45, 7) is 2.19. The maximum atomic E-state index is 2.55. The minimum absolute atomic E-state index is 1.32. The highest BCUT2D eigenvalue weighted by Crippen LogP contribution is 2.38. The third-order valence-electron chi connectivity index (χ3n) is 7.20. The molecule has 0 saturated carbocycles. The molecule has 0 N–H and O–H groups in total. The fourth-order valence-corrected chi connectivity index (χ4v) is 12.1. The summed E-state index contributed by atoms with van der Waals surface area (Å²) in [5, 5.41) is 8.73. The van der Waals surface area contributed by atoms with Crippen LogP contribution in [0.2, 0.25) is 0 Å². The van der Waals surface area contributed by atoms with Crippen LogP contribution in [0.1, 0.15) is 5.56 Å². The normalized spacial score (nSPS) is 13.8. The lowest BCUT2D eigenvalue weighted by atomic mass is 10.0. The van der Waals surface area contributed by atoms with Crippen molar-refractivity contribution in [3.05, 3.63) is 121 Å². The van der Waals surface area contributed by atoms with Crippen molar-refractivity contribution in [3.8, 4) is 11.1 Å². The van der Waals surface area contributed by atoms with Crippen molar-refractivity contribution in [1.29, 1.82) is 0 Å². The van der Waals surface area contributed by atoms with E-state index in [0.29, 0.717) is 0 Å². The molecular formula is C31H22SSi. The highest BCUT2D eigenvalue weighted by molar-refractivity contribution is 7.26. The Hall–Kier alpha value is -3.46. The van der Waals surface area contributed by atoms with E-state index in [2.05, 4.69) is 122 Å². The first-order valence-corrected chi connectivity index (χ1v) is 14.3. The molecule has 0 fully saturated rings. The molecule has 0 amide bonds. The largest absolute Gasteiger partial charge is 0.180 e. The van der Waals surface area contributed by atoms with Gasteiger partial charge < -0.3 is 0 Å². The van der Waals surface area contributed by atoms with Gasteiger partial charge in [-0.3, -0.25) is 0 Å². The van der Waals surface area contributed by atoms with Gasteiger partial charge in [0, 0.05) is 20.2 Å². The molecule has 0 nitrogen and oxygen atoms in total. The molecular weight excluding hydrogens is 432 g/mol. The Balaban J connectivity index is 1.69. The monoisotopic (exact) mass is 454 g/mol. The van der Waals surface area contributed by atoms with Crippen molar-refractivity contribution < 1.29 is 0 Å². The lowest BCUT2D eigenvalue weighted by molar-refractivity contribution is 1.52. The van der Waals surface area contributed by atoms with Gasteiger partial charge in [0.1, 0.15) is 0 Å². The first-order valence-electron chi connectivity index (χ1n) is 11.4. The average molecular weight is 455 g/mol. The van der Waals surface area contributed by atoms with Gasteiger partial charge >= 0.3 is 0 Å². The van der Waals surface area contributed by atoms with Gasteiger partial charge in [-0.1, -0.05) is 103 Å². The molecule has 5 aromatic carbocycles. The quantitative estimate of drug-likeness (QED) is 0.293. The molecule has 156 valence electrons. The van der Waals surface area contributed by atoms with Crippen LogP contribution in [-0.4, -0.2) is 8.07 Å². The van der Waals surface area contributed by atoms with Gasteiger partial charge in [0.05, 0.1) is 0 Å². The highest BCUT2D eigenvalue weighted by Gasteiger charge is 2.48. The molecule has 0 saturated heterocycles. The molecule has 2 heterocycles. The SMILES string of the molecule is Cc1ccc2sc3cc4c(cc3c2c1)[Si](c1ccccc1)(c1ccccc1)c1ccccc1-4. The lowest BCUT2D eigenvalue weighted by Gasteiger charge is -2.31. The van der Waals surface area contributed by atoms with E-state index in [4.69, 9.17) is 0 Å². The van der Waals surface area contributed by atoms with Gasteiger partial charge in [-0.05, 0) is 57.0 Å². The van der Waals surface area contributed by atoms with E-state index in [1.807, 2.05) is 11.3 Å². The molecule has 6 aromatic rings. The molecule has 0 atom stereocenters. The molecule has 0 radical (unpaired) electrons. The van der Waals surface area contributed by atoms with Crippen molar-refractivity contribution in [1.82, 2.24) is 0 Å². The second-order valence-electron chi connectivity index (χ2n) is 9.02. The van der Waals surface area contributed by atoms with E-state index in [0.717, 1.165) is 0 Å². The predicted octanol–water partition coefficient (Wildman–Crippen LogP) is 5.72. The Bertz CT molecular complexity index is 1620. The zero-order chi connectivity index (χ0) is 22.0. The summed E-state index contributed by atoms with van der Waals surface area (Å²) in [7, 11) is -2.41. The number of fused-ring (bicyclic) bond motifs is 6. The van der Waals surface area contributed by atoms with Crippen molar-refractivity contribution >= 4 is 60.3 Å². The number of hydrogen-bond donors (Lipinski definition) is 0. The smallest absolute Gasteiger partial charge is 0.135 e. The third kappa shape index (κ3) is 2.56. The van der Waals surface area contributed by atoms with E-state index in [1.165, 1.54) is 57.6 Å². The van der Waals surface area contributed by atoms with Crippen LogP contribution in [0.3, 0.4) is 0 Å². The lowest BCUT2D eigenvalue weighted by Crippen LogP contribution is -2.72. The highest BCUT2D eigenvalue weighted by atomic mass is 32.1. The first-order chi connectivity index (χ1) is 16.3. The predicted molar refractivity (Wildman–Crippen MR) is 147 cm³/mol. The van der Waals surface area contributed by atoms with Crippen molar-refractivity contribution in [2.24, 2.45) is 0 Å². The summed E-state index contributed by atoms with van der Waals surface area (Å²) < 4.78 is 2.76. The summed E-state index contributed by atoms with van der Waals surface area (Å²) in [5.74, 6) is 0. The van der Waals surface area contributed by atoms with Gasteiger partial charge in [0.25, 0.3) is 0 Å². The fourth-order valence-electron chi connectivity index (χ4n) is 5.82. The molecule has 0 aliphatic carbocycles. The number of hydrogen-bond acceptors (Lipinski definition) is 1. The minimum atomic E-state index is -2.41. The van der Waals surface area contributed by atoms with E-state index in [-0.39, 0.29) is 0 Å². The first kappa shape index (κ1) is 19.0. The van der Waals surface area contributed by atoms with Gasteiger partial charge in [0.2, 0.25) is 0 Å². The molecule has 0 bridgehead atoms. The van der Waals surface area contributed by atoms with Crippen molar-refractivity contribution in [2.75, 3.05) is 0 Å². The summed E-state index contributed by atoms with van der Waals surface area (Å²) in [4.78, 5) is 0. The van der Waals surface area contributed by atoms with Gasteiger partial charge in [0.15, 0.2) is 8.07 Å². The fraction of sp³-hybridized carbons (Fsp3) is 0.0323. The van der Waals surface area contributed by atoms with Crippen LogP contribution in [0.15, 0.2) is 115 Å². The van der Waals surface area contributed by atoms with Crippen LogP contribution in [-0.2, 0) is 0 Å². The number of rotatable bonds is 2. The van der Waals surface area contributed by atoms with Gasteiger partial charge in [-0.25, -0.2) is 0 Å². The number of thiophene rings is 1. The Morgan fingerprint density at radius 1 is 0.515 bits per heavy atom. The number of aryl methyl sites for hydroxylation is 1. The third-order valence-corrected chi connectivity index (χ3v) is 13.2. The molecule has 33 heavy (non-hydrogen) atoms. The maximum Gasteiger partial charge on any atom is 0.180 e. The van der Waals surface area contributed by atoms with Crippen LogP contribution in [0.5, 0.6) is 0 Å². The molecule has 2 heteroatoms. The van der Waals surface area contributed by atoms with Crippen LogP contribution in [0.25, 0.3) is 31.3 Å². The van der Waals surface area contributed by atoms with Gasteiger partial charge in [-0.15, -0.1) is 11.3 Å². The Kier molecular flexibility index (Phi) is 4.05. The molecule has 7 rings (SSSR count). The molecule has 1 aliphatic rings. The molecule has 0 unspecified atom stereocenters. The second kappa shape index (κ2) is 7.02. The van der Waals surface area contributed by atoms with Crippen molar-refractivity contribution in [2.45, 2.75) is 6.92 Å². The Morgan fingerprint density at radius 3 is 1.88 bits per heavy atom. The average Bonchev–Trinajstić information content (AvgIpc) is 3.37. The maximum absolute atomic E-state index is 2.55. The second-order valence-corrected chi connectivity index (χ2v) is 13.8. The van der Waals surface area contributed by atoms with Crippen LogP contribution in [0, 0.1) is 6.92 Å². The molecule has 0 spiro atoms. The van der Waals surface area contributed by atoms with Crippen LogP contribution < -0.4 is 20.7 Å². The van der Waals surface area contributed by atoms with E-state index in [9.17, 15) is 0 Å². The zero-order valence-corrected chi connectivity index (χ0v) is 20.2. The standard InChI is InChI=1S/C31H22SSi/c1-21-16-17-28-25(18-21)26-20-31-27(19-29(26)32-28)24-14-8-9-15-30(24)33(31,22-10-4-2-5-11-22)23-12-6-3-7-13-23/h2-20H,1H3. The van der Waals surface area contributed by atoms with E-state index >= 15 is 0 Å². The van der Waals surface area contributed by atoms with Gasteiger partial charge in [-0.2, -0.15) is 0 Å². The minimum Gasteiger partial charge on any atom is -0.135 e. The Morgan fingerprint density at radius 2 is 1.15 bits per heavy atom.